The Morgan fingerprint density at radius 2 is 1.69 bits per heavy atom. The van der Waals surface area contributed by atoms with Crippen LogP contribution >= 0.6 is 34.2 Å². The molecule has 0 aliphatic heterocycles. The van der Waals surface area contributed by atoms with E-state index in [0.29, 0.717) is 0 Å². The first kappa shape index (κ1) is 9.28. The Labute approximate surface area is 96.0 Å². The average molecular weight is 303 g/mol. The monoisotopic (exact) mass is 302 g/mol. The van der Waals surface area contributed by atoms with Crippen LogP contribution in [0, 0.1) is 0 Å². The first-order valence-corrected chi connectivity index (χ1v) is 5.95. The molecule has 0 saturated heterocycles. The molecular weight excluding hydrogens is 294 g/mol. The molecule has 0 aliphatic rings. The maximum absolute atomic E-state index is 6.08. The summed E-state index contributed by atoms with van der Waals surface area (Å²) >= 11 is 8.45. The highest BCUT2D eigenvalue weighted by atomic mass is 127. The number of alkyl halides is 1. The van der Waals surface area contributed by atoms with Crippen molar-refractivity contribution < 1.29 is 0 Å². The van der Waals surface area contributed by atoms with Gasteiger partial charge >= 0.3 is 0 Å². The minimum absolute atomic E-state index is 0.837. The molecule has 0 radical (unpaired) electrons. The highest BCUT2D eigenvalue weighted by Crippen LogP contribution is 2.27. The van der Waals surface area contributed by atoms with Crippen LogP contribution in [0.4, 0.5) is 0 Å². The van der Waals surface area contributed by atoms with E-state index in [1.54, 1.807) is 0 Å². The lowest BCUT2D eigenvalue weighted by Gasteiger charge is -2.04. The zero-order chi connectivity index (χ0) is 9.26. The van der Waals surface area contributed by atoms with E-state index in [1.165, 1.54) is 10.9 Å². The number of hydrogen-bond acceptors (Lipinski definition) is 0. The Bertz CT molecular complexity index is 437. The van der Waals surface area contributed by atoms with E-state index in [0.717, 1.165) is 14.8 Å². The smallest absolute Gasteiger partial charge is 0.0484 e. The SMILES string of the molecule is Clc1ccc(CI)c2ccccc12. The Balaban J connectivity index is 2.84. The molecule has 0 bridgehead atoms. The van der Waals surface area contributed by atoms with Crippen LogP contribution in [0.1, 0.15) is 5.56 Å². The van der Waals surface area contributed by atoms with Crippen LogP contribution in [0.5, 0.6) is 0 Å². The zero-order valence-corrected chi connectivity index (χ0v) is 9.84. The predicted octanol–water partition coefficient (Wildman–Crippen LogP) is 4.43. The van der Waals surface area contributed by atoms with Gasteiger partial charge in [-0.15, -0.1) is 0 Å². The molecule has 66 valence electrons. The maximum atomic E-state index is 6.08. The number of hydrogen-bond donors (Lipinski definition) is 0. The summed E-state index contributed by atoms with van der Waals surface area (Å²) in [6.07, 6.45) is 0. The van der Waals surface area contributed by atoms with Crippen LogP contribution in [0.3, 0.4) is 0 Å². The molecule has 13 heavy (non-hydrogen) atoms. The summed E-state index contributed by atoms with van der Waals surface area (Å²) in [7, 11) is 0. The Morgan fingerprint density at radius 1 is 1.00 bits per heavy atom. The fourth-order valence-corrected chi connectivity index (χ4v) is 2.33. The summed E-state index contributed by atoms with van der Waals surface area (Å²) in [4.78, 5) is 0. The molecule has 0 N–H and O–H groups in total. The fourth-order valence-electron chi connectivity index (χ4n) is 1.44. The Kier molecular flexibility index (Phi) is 2.74. The van der Waals surface area contributed by atoms with E-state index >= 15 is 0 Å². The normalized spacial score (nSPS) is 10.6. The molecular formula is C11H8ClI. The standard InChI is InChI=1S/C11H8ClI/c12-11-6-5-8(7-13)9-3-1-2-4-10(9)11/h1-6H,7H2. The van der Waals surface area contributed by atoms with Crippen molar-refractivity contribution >= 4 is 45.0 Å². The van der Waals surface area contributed by atoms with E-state index in [9.17, 15) is 0 Å². The van der Waals surface area contributed by atoms with Crippen LogP contribution in [0.15, 0.2) is 36.4 Å². The van der Waals surface area contributed by atoms with Gasteiger partial charge in [0.2, 0.25) is 0 Å². The van der Waals surface area contributed by atoms with Gasteiger partial charge in [0.05, 0.1) is 0 Å². The van der Waals surface area contributed by atoms with Crippen molar-refractivity contribution in [1.82, 2.24) is 0 Å². The highest BCUT2D eigenvalue weighted by molar-refractivity contribution is 14.1. The summed E-state index contributed by atoms with van der Waals surface area (Å²) < 4.78 is 1.02. The van der Waals surface area contributed by atoms with Crippen molar-refractivity contribution in [1.29, 1.82) is 0 Å². The topological polar surface area (TPSA) is 0 Å². The van der Waals surface area contributed by atoms with Gasteiger partial charge in [-0.05, 0) is 17.0 Å². The summed E-state index contributed by atoms with van der Waals surface area (Å²) in [6, 6.07) is 12.3. The van der Waals surface area contributed by atoms with Gasteiger partial charge in [-0.3, -0.25) is 0 Å². The van der Waals surface area contributed by atoms with Crippen LogP contribution in [-0.2, 0) is 4.43 Å². The van der Waals surface area contributed by atoms with Crippen molar-refractivity contribution in [3.8, 4) is 0 Å². The molecule has 0 aromatic heterocycles. The van der Waals surface area contributed by atoms with E-state index in [1.807, 2.05) is 12.1 Å². The van der Waals surface area contributed by atoms with Gasteiger partial charge in [0, 0.05) is 14.8 Å². The number of fused-ring (bicyclic) bond motifs is 1. The fraction of sp³-hybridized carbons (Fsp3) is 0.0909. The zero-order valence-electron chi connectivity index (χ0n) is 6.93. The summed E-state index contributed by atoms with van der Waals surface area (Å²) in [5.41, 5.74) is 1.35. The maximum Gasteiger partial charge on any atom is 0.0484 e. The van der Waals surface area contributed by atoms with Gasteiger partial charge in [0.15, 0.2) is 0 Å². The Hall–Kier alpha value is -0.280. The van der Waals surface area contributed by atoms with Crippen LogP contribution in [-0.4, -0.2) is 0 Å². The number of rotatable bonds is 1. The van der Waals surface area contributed by atoms with Crippen LogP contribution in [0.2, 0.25) is 5.02 Å². The molecule has 2 heteroatoms. The predicted molar refractivity (Wildman–Crippen MR) is 66.7 cm³/mol. The van der Waals surface area contributed by atoms with Crippen LogP contribution < -0.4 is 0 Å². The van der Waals surface area contributed by atoms with Crippen molar-refractivity contribution in [2.45, 2.75) is 4.43 Å². The lowest BCUT2D eigenvalue weighted by molar-refractivity contribution is 1.51. The lowest BCUT2D eigenvalue weighted by Crippen LogP contribution is -1.81. The largest absolute Gasteiger partial charge is 0.0837 e. The quantitative estimate of drug-likeness (QED) is 0.540. The van der Waals surface area contributed by atoms with Gasteiger partial charge in [0.1, 0.15) is 0 Å². The number of halogens is 2. The highest BCUT2D eigenvalue weighted by Gasteiger charge is 2.01. The summed E-state index contributed by atoms with van der Waals surface area (Å²) in [5, 5.41) is 3.26. The van der Waals surface area contributed by atoms with Crippen molar-refractivity contribution in [2.24, 2.45) is 0 Å². The third-order valence-electron chi connectivity index (χ3n) is 2.11. The first-order valence-electron chi connectivity index (χ1n) is 4.05. The second-order valence-electron chi connectivity index (χ2n) is 2.89. The average Bonchev–Trinajstić information content (AvgIpc) is 2.19. The van der Waals surface area contributed by atoms with Gasteiger partial charge in [0.25, 0.3) is 0 Å². The van der Waals surface area contributed by atoms with Gasteiger partial charge < -0.3 is 0 Å². The van der Waals surface area contributed by atoms with Gasteiger partial charge in [-0.25, -0.2) is 0 Å². The second kappa shape index (κ2) is 3.84. The van der Waals surface area contributed by atoms with Crippen molar-refractivity contribution in [2.75, 3.05) is 0 Å². The van der Waals surface area contributed by atoms with Crippen LogP contribution in [0.25, 0.3) is 10.8 Å². The third-order valence-corrected chi connectivity index (χ3v) is 3.26. The molecule has 0 heterocycles. The molecule has 0 aliphatic carbocycles. The van der Waals surface area contributed by atoms with Crippen molar-refractivity contribution in [3.05, 3.63) is 47.0 Å². The Morgan fingerprint density at radius 3 is 2.38 bits per heavy atom. The molecule has 2 aromatic rings. The lowest BCUT2D eigenvalue weighted by atomic mass is 10.1. The van der Waals surface area contributed by atoms with Gasteiger partial charge in [-0.1, -0.05) is 64.5 Å². The molecule has 2 aromatic carbocycles. The number of benzene rings is 2. The molecule has 0 unspecified atom stereocenters. The molecule has 0 nitrogen and oxygen atoms in total. The molecule has 0 saturated carbocycles. The van der Waals surface area contributed by atoms with Gasteiger partial charge in [-0.2, -0.15) is 0 Å². The molecule has 2 rings (SSSR count). The van der Waals surface area contributed by atoms with Crippen molar-refractivity contribution in [3.63, 3.8) is 0 Å². The molecule has 0 fully saturated rings. The molecule has 0 amide bonds. The minimum atomic E-state index is 0.837. The summed E-state index contributed by atoms with van der Waals surface area (Å²) in [5.74, 6) is 0. The van der Waals surface area contributed by atoms with E-state index in [4.69, 9.17) is 11.6 Å². The third kappa shape index (κ3) is 1.67. The molecule has 0 spiro atoms. The first-order chi connectivity index (χ1) is 6.33. The summed E-state index contributed by atoms with van der Waals surface area (Å²) in [6.45, 7) is 0. The second-order valence-corrected chi connectivity index (χ2v) is 4.06. The van der Waals surface area contributed by atoms with E-state index < -0.39 is 0 Å². The van der Waals surface area contributed by atoms with E-state index in [2.05, 4.69) is 46.9 Å². The molecule has 0 atom stereocenters. The minimum Gasteiger partial charge on any atom is -0.0837 e. The van der Waals surface area contributed by atoms with E-state index in [-0.39, 0.29) is 0 Å².